The van der Waals surface area contributed by atoms with Crippen molar-refractivity contribution >= 4 is 24.1 Å². The lowest BCUT2D eigenvalue weighted by molar-refractivity contribution is 0.394. The third-order valence-electron chi connectivity index (χ3n) is 7.78. The zero-order chi connectivity index (χ0) is 30.6. The fourth-order valence-corrected chi connectivity index (χ4v) is 4.98. The standard InChI is InChI=1S/C34H46N4.C2H5N/c1-10-12-17-31-33(26(5)37(9)25(3)4)38(32(36-31)18-13-11-2)24-28-19-21-29(22-20-28)30-16-14-15-23-34(30,7)27(6)35-8;1-3-2/h10,12,14-17,19-22,25,35H,1,5-6,11,13,18,23-24H2,2-4,7-9H3;1H2,2H3/b17-12-;. The number of aliphatic imine (C=N–C) groups is 1. The van der Waals surface area contributed by atoms with Crippen molar-refractivity contribution in [2.24, 2.45) is 10.4 Å². The van der Waals surface area contributed by atoms with E-state index in [2.05, 4.69) is 130 Å². The molecule has 5 nitrogen and oxygen atoms in total. The van der Waals surface area contributed by atoms with Crippen LogP contribution in [0.4, 0.5) is 0 Å². The average molecular weight is 554 g/mol. The van der Waals surface area contributed by atoms with Gasteiger partial charge < -0.3 is 19.8 Å². The molecule has 0 spiro atoms. The second kappa shape index (κ2) is 15.8. The Balaban J connectivity index is 0.00000187. The van der Waals surface area contributed by atoms with Gasteiger partial charge in [-0.2, -0.15) is 0 Å². The van der Waals surface area contributed by atoms with E-state index in [1.807, 2.05) is 13.1 Å². The highest BCUT2D eigenvalue weighted by atomic mass is 15.2. The summed E-state index contributed by atoms with van der Waals surface area (Å²) in [6.45, 7) is 25.4. The molecule has 0 bridgehead atoms. The molecule has 3 rings (SSSR count). The number of hydrogen-bond acceptors (Lipinski definition) is 4. The minimum Gasteiger partial charge on any atom is -0.391 e. The first-order valence-corrected chi connectivity index (χ1v) is 14.6. The second-order valence-corrected chi connectivity index (χ2v) is 11.0. The molecule has 220 valence electrons. The molecular weight excluding hydrogens is 502 g/mol. The number of aromatic nitrogens is 2. The van der Waals surface area contributed by atoms with Crippen molar-refractivity contribution in [2.45, 2.75) is 66.0 Å². The molecule has 0 saturated heterocycles. The SMILES string of the molecule is C=C/C=C\c1nc(CCCC)n(Cc2ccc(C3=CC=CCC3(C)C(=C)NC)cc2)c1C(=C)N(C)C(C)C.C=NC. The zero-order valence-electron chi connectivity index (χ0n) is 26.5. The fourth-order valence-electron chi connectivity index (χ4n) is 4.98. The summed E-state index contributed by atoms with van der Waals surface area (Å²) in [5, 5.41) is 3.29. The maximum atomic E-state index is 5.09. The van der Waals surface area contributed by atoms with Crippen molar-refractivity contribution in [3.05, 3.63) is 108 Å². The van der Waals surface area contributed by atoms with Crippen LogP contribution < -0.4 is 5.32 Å². The summed E-state index contributed by atoms with van der Waals surface area (Å²) in [5.41, 5.74) is 7.67. The Morgan fingerprint density at radius 1 is 1.24 bits per heavy atom. The summed E-state index contributed by atoms with van der Waals surface area (Å²) in [4.78, 5) is 10.6. The number of nitrogens with zero attached hydrogens (tertiary/aromatic N) is 4. The molecule has 1 aliphatic rings. The van der Waals surface area contributed by atoms with Gasteiger partial charge in [0.2, 0.25) is 0 Å². The Hall–Kier alpha value is -3.86. The number of hydrogen-bond donors (Lipinski definition) is 1. The van der Waals surface area contributed by atoms with Crippen LogP contribution >= 0.6 is 0 Å². The van der Waals surface area contributed by atoms with Crippen LogP contribution in [0.3, 0.4) is 0 Å². The van der Waals surface area contributed by atoms with Gasteiger partial charge in [-0.15, -0.1) is 0 Å². The first-order chi connectivity index (χ1) is 19.6. The molecule has 0 amide bonds. The lowest BCUT2D eigenvalue weighted by atomic mass is 9.71. The number of aryl methyl sites for hydroxylation is 1. The Bertz CT molecular complexity index is 1290. The molecule has 1 atom stereocenters. The number of rotatable bonds is 13. The first-order valence-electron chi connectivity index (χ1n) is 14.6. The van der Waals surface area contributed by atoms with Crippen LogP contribution in [0.15, 0.2) is 85.1 Å². The minimum absolute atomic E-state index is 0.137. The van der Waals surface area contributed by atoms with E-state index >= 15 is 0 Å². The summed E-state index contributed by atoms with van der Waals surface area (Å²) < 4.78 is 2.37. The molecule has 41 heavy (non-hydrogen) atoms. The Kier molecular flexibility index (Phi) is 12.9. The molecule has 1 unspecified atom stereocenters. The highest BCUT2D eigenvalue weighted by molar-refractivity contribution is 5.75. The predicted octanol–water partition coefficient (Wildman–Crippen LogP) is 8.18. The third-order valence-corrected chi connectivity index (χ3v) is 7.78. The van der Waals surface area contributed by atoms with Gasteiger partial charge in [-0.05, 0) is 63.1 Å². The van der Waals surface area contributed by atoms with Crippen LogP contribution in [0.1, 0.15) is 75.3 Å². The molecular formula is C36H51N5. The Morgan fingerprint density at radius 2 is 1.90 bits per heavy atom. The van der Waals surface area contributed by atoms with Crippen LogP contribution in [0.5, 0.6) is 0 Å². The zero-order valence-corrected chi connectivity index (χ0v) is 26.5. The summed E-state index contributed by atoms with van der Waals surface area (Å²) in [7, 11) is 5.70. The van der Waals surface area contributed by atoms with Gasteiger partial charge in [0, 0.05) is 51.3 Å². The molecule has 1 aromatic carbocycles. The quantitative estimate of drug-likeness (QED) is 0.201. The van der Waals surface area contributed by atoms with Crippen molar-refractivity contribution in [3.63, 3.8) is 0 Å². The van der Waals surface area contributed by atoms with E-state index in [9.17, 15) is 0 Å². The van der Waals surface area contributed by atoms with Gasteiger partial charge in [0.1, 0.15) is 5.82 Å². The molecule has 1 heterocycles. The second-order valence-electron chi connectivity index (χ2n) is 11.0. The number of unbranched alkanes of at least 4 members (excludes halogenated alkanes) is 1. The fraction of sp³-hybridized carbons (Fsp3) is 0.389. The monoisotopic (exact) mass is 553 g/mol. The van der Waals surface area contributed by atoms with E-state index in [0.29, 0.717) is 6.04 Å². The molecule has 1 aliphatic carbocycles. The molecule has 0 fully saturated rings. The smallest absolute Gasteiger partial charge is 0.110 e. The van der Waals surface area contributed by atoms with Gasteiger partial charge in [0.05, 0.1) is 17.1 Å². The summed E-state index contributed by atoms with van der Waals surface area (Å²) in [6.07, 6.45) is 16.5. The van der Waals surface area contributed by atoms with E-state index in [0.717, 1.165) is 60.8 Å². The van der Waals surface area contributed by atoms with Crippen LogP contribution in [-0.2, 0) is 13.0 Å². The van der Waals surface area contributed by atoms with Crippen LogP contribution in [0.2, 0.25) is 0 Å². The molecule has 5 heteroatoms. The molecule has 0 saturated carbocycles. The van der Waals surface area contributed by atoms with Crippen molar-refractivity contribution < 1.29 is 0 Å². The highest BCUT2D eigenvalue weighted by Crippen LogP contribution is 2.44. The van der Waals surface area contributed by atoms with Gasteiger partial charge in [0.15, 0.2) is 0 Å². The van der Waals surface area contributed by atoms with E-state index in [1.54, 1.807) is 13.1 Å². The van der Waals surface area contributed by atoms with Crippen molar-refractivity contribution in [3.8, 4) is 0 Å². The number of imidazole rings is 1. The summed E-state index contributed by atoms with van der Waals surface area (Å²) >= 11 is 0. The summed E-state index contributed by atoms with van der Waals surface area (Å²) in [6, 6.07) is 9.33. The van der Waals surface area contributed by atoms with Gasteiger partial charge in [-0.1, -0.05) is 87.7 Å². The van der Waals surface area contributed by atoms with Gasteiger partial charge in [-0.3, -0.25) is 0 Å². The molecule has 0 aliphatic heterocycles. The molecule has 0 radical (unpaired) electrons. The van der Waals surface area contributed by atoms with Crippen LogP contribution in [0.25, 0.3) is 17.3 Å². The van der Waals surface area contributed by atoms with E-state index < -0.39 is 0 Å². The number of benzene rings is 1. The normalized spacial score (nSPS) is 16.1. The number of nitrogens with one attached hydrogen (secondary N) is 1. The van der Waals surface area contributed by atoms with Gasteiger partial charge in [-0.25, -0.2) is 4.98 Å². The number of allylic oxidation sites excluding steroid dienone is 6. The highest BCUT2D eigenvalue weighted by Gasteiger charge is 2.33. The Labute approximate surface area is 249 Å². The van der Waals surface area contributed by atoms with Gasteiger partial charge >= 0.3 is 0 Å². The lowest BCUT2D eigenvalue weighted by Gasteiger charge is -2.35. The van der Waals surface area contributed by atoms with Crippen molar-refractivity contribution in [2.75, 3.05) is 21.1 Å². The predicted molar refractivity (Wildman–Crippen MR) is 181 cm³/mol. The van der Waals surface area contributed by atoms with E-state index in [-0.39, 0.29) is 5.41 Å². The van der Waals surface area contributed by atoms with E-state index in [4.69, 9.17) is 4.98 Å². The minimum atomic E-state index is -0.137. The first kappa shape index (κ1) is 33.3. The van der Waals surface area contributed by atoms with Gasteiger partial charge in [0.25, 0.3) is 0 Å². The maximum absolute atomic E-state index is 5.09. The average Bonchev–Trinajstić information content (AvgIpc) is 3.31. The lowest BCUT2D eigenvalue weighted by Crippen LogP contribution is -2.28. The van der Waals surface area contributed by atoms with Crippen molar-refractivity contribution in [1.29, 1.82) is 0 Å². The molecule has 1 N–H and O–H groups in total. The Morgan fingerprint density at radius 3 is 2.46 bits per heavy atom. The largest absolute Gasteiger partial charge is 0.391 e. The van der Waals surface area contributed by atoms with Crippen LogP contribution in [-0.4, -0.2) is 48.4 Å². The topological polar surface area (TPSA) is 45.5 Å². The maximum Gasteiger partial charge on any atom is 0.110 e. The molecule has 2 aromatic rings. The van der Waals surface area contributed by atoms with Crippen LogP contribution in [0, 0.1) is 5.41 Å². The molecule has 1 aromatic heterocycles. The van der Waals surface area contributed by atoms with Crippen molar-refractivity contribution in [1.82, 2.24) is 19.8 Å². The third kappa shape index (κ3) is 8.09. The van der Waals surface area contributed by atoms with E-state index in [1.165, 1.54) is 16.7 Å². The summed E-state index contributed by atoms with van der Waals surface area (Å²) in [5.74, 6) is 1.10.